The van der Waals surface area contributed by atoms with Crippen molar-refractivity contribution in [3.05, 3.63) is 23.9 Å². The fourth-order valence-corrected chi connectivity index (χ4v) is 2.48. The smallest absolute Gasteiger partial charge is 0.128 e. The molecule has 0 aliphatic carbocycles. The maximum atomic E-state index is 4.60. The lowest BCUT2D eigenvalue weighted by molar-refractivity contribution is 0.514. The van der Waals surface area contributed by atoms with Crippen molar-refractivity contribution in [3.8, 4) is 0 Å². The molecule has 1 aromatic heterocycles. The molecule has 2 heterocycles. The summed E-state index contributed by atoms with van der Waals surface area (Å²) < 4.78 is 0. The lowest BCUT2D eigenvalue weighted by Crippen LogP contribution is -2.38. The van der Waals surface area contributed by atoms with Gasteiger partial charge in [-0.1, -0.05) is 13.0 Å². The molecule has 1 saturated heterocycles. The Kier molecular flexibility index (Phi) is 3.67. The van der Waals surface area contributed by atoms with Gasteiger partial charge in [0.25, 0.3) is 0 Å². The van der Waals surface area contributed by atoms with Crippen LogP contribution in [0.25, 0.3) is 0 Å². The Morgan fingerprint density at radius 3 is 2.76 bits per heavy atom. The molecular formula is C14H23N3. The Bertz CT molecular complexity index is 356. The summed E-state index contributed by atoms with van der Waals surface area (Å²) in [6, 6.07) is 4.33. The van der Waals surface area contributed by atoms with Gasteiger partial charge in [-0.3, -0.25) is 0 Å². The molecule has 0 saturated carbocycles. The van der Waals surface area contributed by atoms with E-state index in [4.69, 9.17) is 0 Å². The Morgan fingerprint density at radius 1 is 1.41 bits per heavy atom. The quantitative estimate of drug-likeness (QED) is 0.866. The van der Waals surface area contributed by atoms with E-state index in [9.17, 15) is 0 Å². The second-order valence-electron chi connectivity index (χ2n) is 5.37. The zero-order chi connectivity index (χ0) is 12.3. The first-order valence-electron chi connectivity index (χ1n) is 6.57. The highest BCUT2D eigenvalue weighted by Crippen LogP contribution is 2.32. The summed E-state index contributed by atoms with van der Waals surface area (Å²) in [5, 5.41) is 3.32. The van der Waals surface area contributed by atoms with Gasteiger partial charge in [-0.25, -0.2) is 4.98 Å². The average molecular weight is 233 g/mol. The van der Waals surface area contributed by atoms with Gasteiger partial charge in [0.1, 0.15) is 5.82 Å². The number of pyridine rings is 1. The maximum absolute atomic E-state index is 4.60. The van der Waals surface area contributed by atoms with Gasteiger partial charge in [-0.15, -0.1) is 0 Å². The summed E-state index contributed by atoms with van der Waals surface area (Å²) in [5.41, 5.74) is 1.52. The predicted molar refractivity (Wildman–Crippen MR) is 72.3 cm³/mol. The van der Waals surface area contributed by atoms with E-state index in [1.807, 2.05) is 6.20 Å². The van der Waals surface area contributed by atoms with E-state index in [2.05, 4.69) is 48.1 Å². The van der Waals surface area contributed by atoms with Crippen molar-refractivity contribution in [1.29, 1.82) is 0 Å². The molecule has 0 spiro atoms. The molecule has 0 atom stereocenters. The molecule has 1 fully saturated rings. The topological polar surface area (TPSA) is 28.2 Å². The van der Waals surface area contributed by atoms with E-state index in [1.165, 1.54) is 18.4 Å². The molecule has 1 N–H and O–H groups in total. The number of rotatable bonds is 4. The summed E-state index contributed by atoms with van der Waals surface area (Å²) >= 11 is 0. The normalized spacial score (nSPS) is 18.6. The van der Waals surface area contributed by atoms with E-state index >= 15 is 0 Å². The molecule has 0 aromatic carbocycles. The van der Waals surface area contributed by atoms with Crippen LogP contribution in [0.2, 0.25) is 0 Å². The van der Waals surface area contributed by atoms with Crippen LogP contribution in [0.4, 0.5) is 5.82 Å². The molecule has 0 radical (unpaired) electrons. The third-order valence-electron chi connectivity index (χ3n) is 3.57. The van der Waals surface area contributed by atoms with Crippen LogP contribution in [0.5, 0.6) is 0 Å². The highest BCUT2D eigenvalue weighted by Gasteiger charge is 2.32. The molecular weight excluding hydrogens is 210 g/mol. The Morgan fingerprint density at radius 2 is 2.24 bits per heavy atom. The fourth-order valence-electron chi connectivity index (χ4n) is 2.48. The summed E-state index contributed by atoms with van der Waals surface area (Å²) in [6.45, 7) is 9.76. The Labute approximate surface area is 104 Å². The van der Waals surface area contributed by atoms with Gasteiger partial charge in [0, 0.05) is 24.8 Å². The number of anilines is 1. The summed E-state index contributed by atoms with van der Waals surface area (Å²) in [5.74, 6) is 1.12. The van der Waals surface area contributed by atoms with Crippen LogP contribution in [-0.4, -0.2) is 23.6 Å². The minimum atomic E-state index is 0.260. The first-order valence-corrected chi connectivity index (χ1v) is 6.57. The number of hydrogen-bond acceptors (Lipinski definition) is 3. The summed E-state index contributed by atoms with van der Waals surface area (Å²) in [6.07, 6.45) is 4.52. The second-order valence-corrected chi connectivity index (χ2v) is 5.37. The van der Waals surface area contributed by atoms with E-state index in [0.29, 0.717) is 0 Å². The van der Waals surface area contributed by atoms with E-state index in [1.54, 1.807) is 0 Å². The third-order valence-corrected chi connectivity index (χ3v) is 3.57. The van der Waals surface area contributed by atoms with Crippen molar-refractivity contribution in [2.24, 2.45) is 0 Å². The van der Waals surface area contributed by atoms with Crippen molar-refractivity contribution in [2.45, 2.75) is 45.7 Å². The molecule has 94 valence electrons. The van der Waals surface area contributed by atoms with Gasteiger partial charge in [-0.2, -0.15) is 0 Å². The first-order chi connectivity index (χ1) is 8.13. The van der Waals surface area contributed by atoms with Crippen LogP contribution < -0.4 is 10.2 Å². The summed E-state index contributed by atoms with van der Waals surface area (Å²) in [4.78, 5) is 7.02. The lowest BCUT2D eigenvalue weighted by Gasteiger charge is -2.32. The number of hydrogen-bond donors (Lipinski definition) is 1. The standard InChI is InChI=1S/C14H23N3/c1-4-15-10-12-6-7-13(16-11-12)17-9-5-8-14(17,2)3/h6-7,11,15H,4-5,8-10H2,1-3H3. The zero-order valence-corrected chi connectivity index (χ0v) is 11.2. The van der Waals surface area contributed by atoms with Crippen molar-refractivity contribution in [3.63, 3.8) is 0 Å². The van der Waals surface area contributed by atoms with Gasteiger partial charge in [0.15, 0.2) is 0 Å². The van der Waals surface area contributed by atoms with Gasteiger partial charge >= 0.3 is 0 Å². The van der Waals surface area contributed by atoms with Crippen LogP contribution in [-0.2, 0) is 6.54 Å². The Hall–Kier alpha value is -1.09. The SMILES string of the molecule is CCNCc1ccc(N2CCCC2(C)C)nc1. The van der Waals surface area contributed by atoms with Crippen LogP contribution in [0.15, 0.2) is 18.3 Å². The zero-order valence-electron chi connectivity index (χ0n) is 11.2. The van der Waals surface area contributed by atoms with E-state index in [0.717, 1.165) is 25.5 Å². The maximum Gasteiger partial charge on any atom is 0.128 e. The van der Waals surface area contributed by atoms with Gasteiger partial charge in [0.2, 0.25) is 0 Å². The average Bonchev–Trinajstić information content (AvgIpc) is 2.67. The largest absolute Gasteiger partial charge is 0.352 e. The first kappa shape index (κ1) is 12.4. The highest BCUT2D eigenvalue weighted by molar-refractivity contribution is 5.43. The molecule has 0 unspecified atom stereocenters. The van der Waals surface area contributed by atoms with Crippen LogP contribution in [0, 0.1) is 0 Å². The molecule has 0 bridgehead atoms. The molecule has 3 heteroatoms. The minimum absolute atomic E-state index is 0.260. The van der Waals surface area contributed by atoms with Gasteiger partial charge < -0.3 is 10.2 Å². The van der Waals surface area contributed by atoms with E-state index in [-0.39, 0.29) is 5.54 Å². The monoisotopic (exact) mass is 233 g/mol. The van der Waals surface area contributed by atoms with Crippen molar-refractivity contribution < 1.29 is 0 Å². The Balaban J connectivity index is 2.07. The molecule has 1 aliphatic heterocycles. The molecule has 17 heavy (non-hydrogen) atoms. The van der Waals surface area contributed by atoms with Gasteiger partial charge in [-0.05, 0) is 44.9 Å². The molecule has 0 amide bonds. The molecule has 2 rings (SSSR count). The fraction of sp³-hybridized carbons (Fsp3) is 0.643. The number of nitrogens with one attached hydrogen (secondary N) is 1. The van der Waals surface area contributed by atoms with Gasteiger partial charge in [0.05, 0.1) is 0 Å². The number of aromatic nitrogens is 1. The van der Waals surface area contributed by atoms with E-state index < -0.39 is 0 Å². The predicted octanol–water partition coefficient (Wildman–Crippen LogP) is 2.57. The number of nitrogens with zero attached hydrogens (tertiary/aromatic N) is 2. The van der Waals surface area contributed by atoms with Crippen molar-refractivity contribution in [2.75, 3.05) is 18.0 Å². The van der Waals surface area contributed by atoms with Crippen molar-refractivity contribution in [1.82, 2.24) is 10.3 Å². The third kappa shape index (κ3) is 2.78. The van der Waals surface area contributed by atoms with Crippen molar-refractivity contribution >= 4 is 5.82 Å². The molecule has 1 aromatic rings. The highest BCUT2D eigenvalue weighted by atomic mass is 15.3. The molecule has 1 aliphatic rings. The molecule has 3 nitrogen and oxygen atoms in total. The van der Waals surface area contributed by atoms with Crippen LogP contribution in [0.3, 0.4) is 0 Å². The summed E-state index contributed by atoms with van der Waals surface area (Å²) in [7, 11) is 0. The van der Waals surface area contributed by atoms with Crippen LogP contribution in [0.1, 0.15) is 39.2 Å². The minimum Gasteiger partial charge on any atom is -0.352 e. The van der Waals surface area contributed by atoms with Crippen LogP contribution >= 0.6 is 0 Å². The second kappa shape index (κ2) is 5.05. The lowest BCUT2D eigenvalue weighted by atomic mass is 10.0.